The molecule has 0 bridgehead atoms. The molecule has 106 valence electrons. The third-order valence-corrected chi connectivity index (χ3v) is 6.29. The Hall–Kier alpha value is -0.920. The number of rotatable bonds is 2. The van der Waals surface area contributed by atoms with Crippen molar-refractivity contribution < 1.29 is 8.42 Å². The first-order valence-electron chi connectivity index (χ1n) is 6.88. The second-order valence-electron chi connectivity index (χ2n) is 5.47. The summed E-state index contributed by atoms with van der Waals surface area (Å²) >= 11 is 0. The van der Waals surface area contributed by atoms with E-state index in [1.54, 1.807) is 4.31 Å². The summed E-state index contributed by atoms with van der Waals surface area (Å²) in [5, 5.41) is 9.73. The van der Waals surface area contributed by atoms with Crippen LogP contribution in [0.4, 0.5) is 0 Å². The van der Waals surface area contributed by atoms with Crippen LogP contribution in [0.25, 0.3) is 0 Å². The summed E-state index contributed by atoms with van der Waals surface area (Å²) in [6.07, 6.45) is 8.20. The summed E-state index contributed by atoms with van der Waals surface area (Å²) in [7, 11) is -3.43. The number of piperazine rings is 1. The zero-order valence-corrected chi connectivity index (χ0v) is 11.7. The molecule has 6 nitrogen and oxygen atoms in total. The number of nitrogens with one attached hydrogen (secondary N) is 2. The van der Waals surface area contributed by atoms with Gasteiger partial charge in [0.25, 0.3) is 0 Å². The van der Waals surface area contributed by atoms with Crippen LogP contribution in [0.3, 0.4) is 0 Å². The molecule has 1 spiro atoms. The molecule has 19 heavy (non-hydrogen) atoms. The Morgan fingerprint density at radius 3 is 2.74 bits per heavy atom. The van der Waals surface area contributed by atoms with Gasteiger partial charge in [0, 0.05) is 31.4 Å². The second-order valence-corrected chi connectivity index (χ2v) is 7.34. The van der Waals surface area contributed by atoms with Crippen LogP contribution in [0.15, 0.2) is 17.3 Å². The Morgan fingerprint density at radius 1 is 1.26 bits per heavy atom. The van der Waals surface area contributed by atoms with Crippen molar-refractivity contribution in [3.05, 3.63) is 12.4 Å². The molecular formula is C12H20N4O2S. The molecule has 0 unspecified atom stereocenters. The number of sulfonamides is 1. The maximum atomic E-state index is 12.8. The Morgan fingerprint density at radius 2 is 2.05 bits per heavy atom. The van der Waals surface area contributed by atoms with Gasteiger partial charge in [0.05, 0.1) is 6.20 Å². The fraction of sp³-hybridized carbons (Fsp3) is 0.750. The van der Waals surface area contributed by atoms with E-state index in [0.717, 1.165) is 38.8 Å². The van der Waals surface area contributed by atoms with Gasteiger partial charge in [-0.1, -0.05) is 19.3 Å². The third-order valence-electron chi connectivity index (χ3n) is 4.32. The van der Waals surface area contributed by atoms with Gasteiger partial charge in [-0.25, -0.2) is 8.42 Å². The lowest BCUT2D eigenvalue weighted by Gasteiger charge is -2.48. The van der Waals surface area contributed by atoms with Crippen molar-refractivity contribution in [1.29, 1.82) is 0 Å². The monoisotopic (exact) mass is 284 g/mol. The predicted octanol–water partition coefficient (Wildman–Crippen LogP) is 0.706. The largest absolute Gasteiger partial charge is 0.314 e. The van der Waals surface area contributed by atoms with Crippen molar-refractivity contribution in [2.75, 3.05) is 19.6 Å². The van der Waals surface area contributed by atoms with E-state index < -0.39 is 10.0 Å². The molecule has 3 rings (SSSR count). The molecule has 0 radical (unpaired) electrons. The molecule has 1 aliphatic heterocycles. The van der Waals surface area contributed by atoms with Crippen LogP contribution in [-0.2, 0) is 10.0 Å². The van der Waals surface area contributed by atoms with Crippen LogP contribution in [0, 0.1) is 0 Å². The maximum absolute atomic E-state index is 12.8. The van der Waals surface area contributed by atoms with Gasteiger partial charge in [-0.3, -0.25) is 5.10 Å². The normalized spacial score (nSPS) is 24.6. The van der Waals surface area contributed by atoms with Crippen molar-refractivity contribution in [3.63, 3.8) is 0 Å². The second kappa shape index (κ2) is 4.88. The number of hydrogen-bond acceptors (Lipinski definition) is 4. The smallest absolute Gasteiger partial charge is 0.246 e. The number of hydrogen-bond donors (Lipinski definition) is 2. The average Bonchev–Trinajstić information content (AvgIpc) is 2.94. The topological polar surface area (TPSA) is 78.1 Å². The number of nitrogens with zero attached hydrogens (tertiary/aromatic N) is 2. The minimum atomic E-state index is -3.43. The summed E-state index contributed by atoms with van der Waals surface area (Å²) in [6, 6.07) is 0. The highest BCUT2D eigenvalue weighted by atomic mass is 32.2. The van der Waals surface area contributed by atoms with Crippen molar-refractivity contribution in [2.24, 2.45) is 0 Å². The quantitative estimate of drug-likeness (QED) is 0.838. The molecule has 2 aliphatic rings. The van der Waals surface area contributed by atoms with Gasteiger partial charge >= 0.3 is 0 Å². The zero-order chi connectivity index (χ0) is 13.3. The molecule has 2 fully saturated rings. The average molecular weight is 284 g/mol. The molecule has 0 aromatic carbocycles. The molecule has 1 aromatic heterocycles. The molecular weight excluding hydrogens is 264 g/mol. The van der Waals surface area contributed by atoms with Crippen LogP contribution in [0.5, 0.6) is 0 Å². The maximum Gasteiger partial charge on any atom is 0.246 e. The number of H-pyrrole nitrogens is 1. The van der Waals surface area contributed by atoms with Crippen molar-refractivity contribution >= 4 is 10.0 Å². The van der Waals surface area contributed by atoms with Gasteiger partial charge in [0.15, 0.2) is 0 Å². The van der Waals surface area contributed by atoms with E-state index in [2.05, 4.69) is 15.5 Å². The van der Waals surface area contributed by atoms with Crippen LogP contribution in [0.1, 0.15) is 32.1 Å². The number of aromatic amines is 1. The van der Waals surface area contributed by atoms with Crippen LogP contribution >= 0.6 is 0 Å². The van der Waals surface area contributed by atoms with E-state index in [1.807, 2.05) is 0 Å². The molecule has 2 heterocycles. The fourth-order valence-electron chi connectivity index (χ4n) is 3.35. The minimum absolute atomic E-state index is 0.230. The van der Waals surface area contributed by atoms with E-state index >= 15 is 0 Å². The van der Waals surface area contributed by atoms with Gasteiger partial charge in [0.1, 0.15) is 4.90 Å². The van der Waals surface area contributed by atoms with Crippen LogP contribution < -0.4 is 5.32 Å². The van der Waals surface area contributed by atoms with E-state index in [-0.39, 0.29) is 10.4 Å². The van der Waals surface area contributed by atoms with Crippen molar-refractivity contribution in [3.8, 4) is 0 Å². The SMILES string of the molecule is O=S(=O)(c1cn[nH]c1)N1CCNCC12CCCCC2. The predicted molar refractivity (Wildman–Crippen MR) is 71.2 cm³/mol. The number of aromatic nitrogens is 2. The summed E-state index contributed by atoms with van der Waals surface area (Å²) < 4.78 is 27.2. The molecule has 1 aliphatic carbocycles. The minimum Gasteiger partial charge on any atom is -0.314 e. The highest BCUT2D eigenvalue weighted by Crippen LogP contribution is 2.37. The van der Waals surface area contributed by atoms with E-state index in [0.29, 0.717) is 6.54 Å². The van der Waals surface area contributed by atoms with E-state index in [1.165, 1.54) is 18.8 Å². The first-order chi connectivity index (χ1) is 9.15. The third kappa shape index (κ3) is 2.19. The van der Waals surface area contributed by atoms with Gasteiger partial charge in [0.2, 0.25) is 10.0 Å². The van der Waals surface area contributed by atoms with Crippen molar-refractivity contribution in [2.45, 2.75) is 42.5 Å². The Kier molecular flexibility index (Phi) is 3.36. The lowest BCUT2D eigenvalue weighted by atomic mass is 9.80. The highest BCUT2D eigenvalue weighted by molar-refractivity contribution is 7.89. The first kappa shape index (κ1) is 13.1. The molecule has 0 amide bonds. The summed E-state index contributed by atoms with van der Waals surface area (Å²) in [4.78, 5) is 0.277. The summed E-state index contributed by atoms with van der Waals surface area (Å²) in [5.74, 6) is 0. The van der Waals surface area contributed by atoms with Gasteiger partial charge in [-0.15, -0.1) is 0 Å². The Labute approximate surface area is 113 Å². The Balaban J connectivity index is 1.96. The molecule has 0 atom stereocenters. The highest BCUT2D eigenvalue weighted by Gasteiger charge is 2.46. The van der Waals surface area contributed by atoms with Crippen LogP contribution in [0.2, 0.25) is 0 Å². The lowest BCUT2D eigenvalue weighted by Crippen LogP contribution is -2.63. The zero-order valence-electron chi connectivity index (χ0n) is 10.9. The summed E-state index contributed by atoms with van der Waals surface area (Å²) in [6.45, 7) is 2.04. The van der Waals surface area contributed by atoms with Gasteiger partial charge in [-0.05, 0) is 12.8 Å². The summed E-state index contributed by atoms with van der Waals surface area (Å²) in [5.41, 5.74) is -0.230. The lowest BCUT2D eigenvalue weighted by molar-refractivity contribution is 0.101. The van der Waals surface area contributed by atoms with Crippen molar-refractivity contribution in [1.82, 2.24) is 19.8 Å². The van der Waals surface area contributed by atoms with Gasteiger partial charge < -0.3 is 5.32 Å². The first-order valence-corrected chi connectivity index (χ1v) is 8.32. The molecule has 2 N–H and O–H groups in total. The molecule has 1 saturated carbocycles. The molecule has 1 saturated heterocycles. The Bertz CT molecular complexity index is 512. The van der Waals surface area contributed by atoms with E-state index in [4.69, 9.17) is 0 Å². The van der Waals surface area contributed by atoms with E-state index in [9.17, 15) is 8.42 Å². The molecule has 1 aromatic rings. The standard InChI is InChI=1S/C12H20N4O2S/c17-19(18,11-8-14-15-9-11)16-7-6-13-10-12(16)4-2-1-3-5-12/h8-9,13H,1-7,10H2,(H,14,15). The van der Waals surface area contributed by atoms with Gasteiger partial charge in [-0.2, -0.15) is 9.40 Å². The molecule has 7 heteroatoms. The van der Waals surface area contributed by atoms with Crippen LogP contribution in [-0.4, -0.2) is 48.1 Å². The fourth-order valence-corrected chi connectivity index (χ4v) is 5.08.